The number of thiophene rings is 1. The summed E-state index contributed by atoms with van der Waals surface area (Å²) >= 11 is 1.28. The zero-order chi connectivity index (χ0) is 17.3. The topological polar surface area (TPSA) is 57.7 Å². The minimum absolute atomic E-state index is 0.0392. The molecule has 24 heavy (non-hydrogen) atoms. The van der Waals surface area contributed by atoms with E-state index < -0.39 is 10.0 Å². The quantitative estimate of drug-likeness (QED) is 0.841. The molecule has 0 radical (unpaired) electrons. The minimum Gasteiger partial charge on any atom is -0.336 e. The molecule has 0 saturated carbocycles. The van der Waals surface area contributed by atoms with Crippen LogP contribution in [0.4, 0.5) is 0 Å². The van der Waals surface area contributed by atoms with E-state index in [9.17, 15) is 13.2 Å². The van der Waals surface area contributed by atoms with Crippen molar-refractivity contribution in [3.8, 4) is 0 Å². The maximum absolute atomic E-state index is 12.6. The van der Waals surface area contributed by atoms with Crippen molar-refractivity contribution in [1.29, 1.82) is 0 Å². The van der Waals surface area contributed by atoms with Gasteiger partial charge >= 0.3 is 0 Å². The third kappa shape index (κ3) is 3.38. The Hall–Kier alpha value is -1.70. The summed E-state index contributed by atoms with van der Waals surface area (Å²) in [6.07, 6.45) is 0. The van der Waals surface area contributed by atoms with Gasteiger partial charge in [-0.25, -0.2) is 8.42 Å². The molecule has 1 aromatic heterocycles. The number of sulfonamides is 1. The van der Waals surface area contributed by atoms with Crippen molar-refractivity contribution >= 4 is 27.3 Å². The molecule has 3 rings (SSSR count). The van der Waals surface area contributed by atoms with Gasteiger partial charge in [0.25, 0.3) is 15.9 Å². The van der Waals surface area contributed by atoms with E-state index in [1.807, 2.05) is 38.1 Å². The fraction of sp³-hybridized carbons (Fsp3) is 0.353. The largest absolute Gasteiger partial charge is 0.336 e. The molecule has 5 nitrogen and oxygen atoms in total. The van der Waals surface area contributed by atoms with Crippen molar-refractivity contribution in [2.24, 2.45) is 0 Å². The van der Waals surface area contributed by atoms with E-state index in [0.717, 1.165) is 10.4 Å². The Balaban J connectivity index is 1.68. The molecule has 2 aromatic rings. The molecule has 1 aliphatic heterocycles. The van der Waals surface area contributed by atoms with Gasteiger partial charge in [0.2, 0.25) is 0 Å². The average Bonchev–Trinajstić information content (AvgIpc) is 3.01. The molecule has 7 heteroatoms. The van der Waals surface area contributed by atoms with Crippen molar-refractivity contribution in [2.45, 2.75) is 18.1 Å². The van der Waals surface area contributed by atoms with Crippen molar-refractivity contribution < 1.29 is 13.2 Å². The van der Waals surface area contributed by atoms with Crippen LogP contribution in [0.2, 0.25) is 0 Å². The number of carbonyl (C=O) groups is 1. The molecule has 128 valence electrons. The van der Waals surface area contributed by atoms with Crippen molar-refractivity contribution in [2.75, 3.05) is 26.2 Å². The Bertz CT molecular complexity index is 850. The number of nitrogens with zero attached hydrogens (tertiary/aromatic N) is 2. The van der Waals surface area contributed by atoms with E-state index in [4.69, 9.17) is 0 Å². The summed E-state index contributed by atoms with van der Waals surface area (Å²) < 4.78 is 27.1. The third-order valence-corrected chi connectivity index (χ3v) is 7.47. The molecule has 0 unspecified atom stereocenters. The van der Waals surface area contributed by atoms with Crippen LogP contribution in [0.3, 0.4) is 0 Å². The summed E-state index contributed by atoms with van der Waals surface area (Å²) in [5, 5.41) is 0. The van der Waals surface area contributed by atoms with E-state index in [0.29, 0.717) is 36.0 Å². The van der Waals surface area contributed by atoms with Gasteiger partial charge in [0.15, 0.2) is 0 Å². The highest BCUT2D eigenvalue weighted by Crippen LogP contribution is 2.25. The molecule has 0 bridgehead atoms. The lowest BCUT2D eigenvalue weighted by Crippen LogP contribution is -2.50. The Labute approximate surface area is 146 Å². The monoisotopic (exact) mass is 364 g/mol. The summed E-state index contributed by atoms with van der Waals surface area (Å²) in [6, 6.07) is 10.9. The fourth-order valence-electron chi connectivity index (χ4n) is 2.77. The smallest absolute Gasteiger partial charge is 0.253 e. The van der Waals surface area contributed by atoms with Gasteiger partial charge in [-0.2, -0.15) is 4.31 Å². The predicted octanol–water partition coefficient (Wildman–Crippen LogP) is 2.51. The summed E-state index contributed by atoms with van der Waals surface area (Å²) in [5.74, 6) is -0.0392. The molecular weight excluding hydrogens is 344 g/mol. The number of amides is 1. The third-order valence-electron chi connectivity index (χ3n) is 4.10. The molecule has 0 aliphatic carbocycles. The summed E-state index contributed by atoms with van der Waals surface area (Å²) in [7, 11) is -3.45. The fourth-order valence-corrected chi connectivity index (χ4v) is 5.63. The molecule has 1 aliphatic rings. The number of hydrogen-bond acceptors (Lipinski definition) is 4. The molecule has 0 N–H and O–H groups in total. The highest BCUT2D eigenvalue weighted by atomic mass is 32.2. The molecule has 1 fully saturated rings. The first-order valence-corrected chi connectivity index (χ1v) is 10.1. The van der Waals surface area contributed by atoms with Crippen molar-refractivity contribution in [1.82, 2.24) is 9.21 Å². The molecule has 1 aromatic carbocycles. The first kappa shape index (κ1) is 17.1. The predicted molar refractivity (Wildman–Crippen MR) is 94.9 cm³/mol. The second-order valence-corrected chi connectivity index (χ2v) is 9.38. The van der Waals surface area contributed by atoms with Crippen LogP contribution >= 0.6 is 11.3 Å². The summed E-state index contributed by atoms with van der Waals surface area (Å²) in [5.41, 5.74) is 1.69. The lowest BCUT2D eigenvalue weighted by Gasteiger charge is -2.33. The van der Waals surface area contributed by atoms with Gasteiger partial charge in [-0.3, -0.25) is 4.79 Å². The zero-order valence-electron chi connectivity index (χ0n) is 13.7. The number of benzene rings is 1. The second kappa shape index (κ2) is 6.66. The van der Waals surface area contributed by atoms with Crippen LogP contribution in [0.25, 0.3) is 0 Å². The number of rotatable bonds is 3. The van der Waals surface area contributed by atoms with Crippen LogP contribution in [0.1, 0.15) is 20.8 Å². The van der Waals surface area contributed by atoms with Crippen LogP contribution in [-0.2, 0) is 10.0 Å². The highest BCUT2D eigenvalue weighted by molar-refractivity contribution is 7.91. The van der Waals surface area contributed by atoms with E-state index in [2.05, 4.69) is 0 Å². The van der Waals surface area contributed by atoms with Crippen LogP contribution in [0.5, 0.6) is 0 Å². The summed E-state index contributed by atoms with van der Waals surface area (Å²) in [4.78, 5) is 15.2. The van der Waals surface area contributed by atoms with Crippen LogP contribution in [-0.4, -0.2) is 49.7 Å². The van der Waals surface area contributed by atoms with E-state index >= 15 is 0 Å². The van der Waals surface area contributed by atoms with Gasteiger partial charge < -0.3 is 4.90 Å². The average molecular weight is 364 g/mol. The Morgan fingerprint density at radius 1 is 1.04 bits per heavy atom. The number of piperazine rings is 1. The number of hydrogen-bond donors (Lipinski definition) is 0. The highest BCUT2D eigenvalue weighted by Gasteiger charge is 2.31. The van der Waals surface area contributed by atoms with Crippen LogP contribution in [0.15, 0.2) is 40.6 Å². The van der Waals surface area contributed by atoms with Crippen LogP contribution in [0, 0.1) is 13.8 Å². The van der Waals surface area contributed by atoms with E-state index in [1.54, 1.807) is 17.0 Å². The lowest BCUT2D eigenvalue weighted by molar-refractivity contribution is 0.0698. The SMILES string of the molecule is Cc1cccc(C(=O)N2CCN(S(=O)(=O)c3ccc(C)s3)CC2)c1. The second-order valence-electron chi connectivity index (χ2n) is 5.93. The Morgan fingerprint density at radius 2 is 1.75 bits per heavy atom. The molecular formula is C17H20N2O3S2. The van der Waals surface area contributed by atoms with E-state index in [-0.39, 0.29) is 5.91 Å². The first-order chi connectivity index (χ1) is 11.4. The number of carbonyl (C=O) groups excluding carboxylic acids is 1. The Morgan fingerprint density at radius 3 is 2.33 bits per heavy atom. The molecule has 0 spiro atoms. The standard InChI is InChI=1S/C17H20N2O3S2/c1-13-4-3-5-15(12-13)17(20)18-8-10-19(11-9-18)24(21,22)16-7-6-14(2)23-16/h3-7,12H,8-11H2,1-2H3. The lowest BCUT2D eigenvalue weighted by atomic mass is 10.1. The zero-order valence-corrected chi connectivity index (χ0v) is 15.4. The molecule has 1 saturated heterocycles. The van der Waals surface area contributed by atoms with Crippen molar-refractivity contribution in [3.05, 3.63) is 52.4 Å². The van der Waals surface area contributed by atoms with Crippen LogP contribution < -0.4 is 0 Å². The first-order valence-electron chi connectivity index (χ1n) is 7.80. The van der Waals surface area contributed by atoms with Gasteiger partial charge in [-0.05, 0) is 38.1 Å². The van der Waals surface area contributed by atoms with Gasteiger partial charge in [0.05, 0.1) is 0 Å². The number of aryl methyl sites for hydroxylation is 2. The maximum atomic E-state index is 12.6. The summed E-state index contributed by atoms with van der Waals surface area (Å²) in [6.45, 7) is 5.33. The maximum Gasteiger partial charge on any atom is 0.253 e. The van der Waals surface area contributed by atoms with Crippen molar-refractivity contribution in [3.63, 3.8) is 0 Å². The minimum atomic E-state index is -3.45. The Kier molecular flexibility index (Phi) is 4.76. The van der Waals surface area contributed by atoms with Gasteiger partial charge in [0.1, 0.15) is 4.21 Å². The van der Waals surface area contributed by atoms with Gasteiger partial charge in [0, 0.05) is 36.6 Å². The molecule has 2 heterocycles. The molecule has 0 atom stereocenters. The van der Waals surface area contributed by atoms with Gasteiger partial charge in [-0.1, -0.05) is 17.7 Å². The normalized spacial score (nSPS) is 16.3. The molecule has 1 amide bonds. The van der Waals surface area contributed by atoms with Gasteiger partial charge in [-0.15, -0.1) is 11.3 Å². The van der Waals surface area contributed by atoms with E-state index in [1.165, 1.54) is 15.6 Å².